The van der Waals surface area contributed by atoms with Gasteiger partial charge in [0.25, 0.3) is 0 Å². The lowest BCUT2D eigenvalue weighted by Gasteiger charge is -2.11. The molecule has 0 aliphatic rings. The number of aliphatic hydroxyl groups excluding tert-OH is 1. The molecular formula is C19H17N3O4. The largest absolute Gasteiger partial charge is 0.493 e. The Kier molecular flexibility index (Phi) is 4.78. The maximum atomic E-state index is 9.44. The summed E-state index contributed by atoms with van der Waals surface area (Å²) in [6, 6.07) is 12.5. The molecule has 26 heavy (non-hydrogen) atoms. The van der Waals surface area contributed by atoms with Crippen molar-refractivity contribution in [1.29, 1.82) is 5.26 Å². The molecule has 0 fully saturated rings. The summed E-state index contributed by atoms with van der Waals surface area (Å²) in [7, 11) is 3.11. The molecule has 0 aliphatic carbocycles. The summed E-state index contributed by atoms with van der Waals surface area (Å²) in [5.41, 5.74) is 8.01. The Morgan fingerprint density at radius 2 is 1.92 bits per heavy atom. The van der Waals surface area contributed by atoms with Gasteiger partial charge in [0.1, 0.15) is 35.6 Å². The number of rotatable bonds is 5. The minimum absolute atomic E-state index is 0.0942. The maximum absolute atomic E-state index is 9.44. The van der Waals surface area contributed by atoms with E-state index >= 15 is 0 Å². The molecule has 0 saturated heterocycles. The van der Waals surface area contributed by atoms with Crippen LogP contribution in [0.4, 0.5) is 5.82 Å². The molecule has 0 aliphatic heterocycles. The monoisotopic (exact) mass is 351 g/mol. The van der Waals surface area contributed by atoms with Crippen LogP contribution in [0, 0.1) is 11.3 Å². The van der Waals surface area contributed by atoms with Gasteiger partial charge in [-0.1, -0.05) is 0 Å². The number of nitrogens with two attached hydrogens (primary N) is 1. The second kappa shape index (κ2) is 7.17. The third-order valence-corrected chi connectivity index (χ3v) is 3.92. The molecule has 3 aromatic rings. The van der Waals surface area contributed by atoms with Gasteiger partial charge in [0.15, 0.2) is 11.5 Å². The van der Waals surface area contributed by atoms with Crippen LogP contribution < -0.4 is 15.2 Å². The van der Waals surface area contributed by atoms with Crippen LogP contribution >= 0.6 is 0 Å². The number of nitrogens with zero attached hydrogens (tertiary/aromatic N) is 2. The predicted octanol–water partition coefficient (Wildman–Crippen LogP) is 2.97. The van der Waals surface area contributed by atoms with Crippen LogP contribution in [0.15, 0.2) is 40.8 Å². The first kappa shape index (κ1) is 17.3. The van der Waals surface area contributed by atoms with E-state index in [0.717, 1.165) is 5.56 Å². The number of methoxy groups -OCH3 is 2. The van der Waals surface area contributed by atoms with Gasteiger partial charge in [0.2, 0.25) is 0 Å². The molecular weight excluding hydrogens is 334 g/mol. The number of aliphatic hydroxyl groups is 1. The number of benzene rings is 1. The number of hydrogen-bond donors (Lipinski definition) is 2. The van der Waals surface area contributed by atoms with Gasteiger partial charge in [-0.3, -0.25) is 0 Å². The molecule has 7 nitrogen and oxygen atoms in total. The zero-order valence-corrected chi connectivity index (χ0v) is 14.3. The van der Waals surface area contributed by atoms with Crippen molar-refractivity contribution in [2.24, 2.45) is 0 Å². The van der Waals surface area contributed by atoms with Crippen molar-refractivity contribution in [3.63, 3.8) is 0 Å². The average molecular weight is 351 g/mol. The van der Waals surface area contributed by atoms with Gasteiger partial charge < -0.3 is 24.7 Å². The smallest absolute Gasteiger partial charge is 0.161 e. The number of ether oxygens (including phenoxy) is 2. The highest BCUT2D eigenvalue weighted by Gasteiger charge is 2.17. The second-order valence-corrected chi connectivity index (χ2v) is 5.42. The van der Waals surface area contributed by atoms with Gasteiger partial charge in [-0.15, -0.1) is 0 Å². The first-order valence-corrected chi connectivity index (χ1v) is 7.74. The lowest BCUT2D eigenvalue weighted by atomic mass is 10.0. The first-order chi connectivity index (χ1) is 12.6. The Hall–Kier alpha value is -3.50. The molecule has 0 unspecified atom stereocenters. The van der Waals surface area contributed by atoms with Gasteiger partial charge in [0.05, 0.1) is 19.9 Å². The molecule has 0 spiro atoms. The molecule has 2 aromatic heterocycles. The Balaban J connectivity index is 2.17. The van der Waals surface area contributed by atoms with Crippen molar-refractivity contribution in [3.8, 4) is 40.1 Å². The number of pyridine rings is 1. The molecule has 0 atom stereocenters. The van der Waals surface area contributed by atoms with Crippen LogP contribution in [0.1, 0.15) is 11.3 Å². The van der Waals surface area contributed by atoms with Gasteiger partial charge >= 0.3 is 0 Å². The Morgan fingerprint density at radius 1 is 1.15 bits per heavy atom. The molecule has 7 heteroatoms. The van der Waals surface area contributed by atoms with Crippen molar-refractivity contribution in [2.45, 2.75) is 6.61 Å². The molecule has 3 N–H and O–H groups in total. The van der Waals surface area contributed by atoms with Crippen molar-refractivity contribution in [1.82, 2.24) is 4.98 Å². The molecule has 132 valence electrons. The molecule has 0 radical (unpaired) electrons. The fraction of sp³-hybridized carbons (Fsp3) is 0.158. The van der Waals surface area contributed by atoms with Crippen molar-refractivity contribution in [2.75, 3.05) is 20.0 Å². The highest BCUT2D eigenvalue weighted by molar-refractivity contribution is 5.78. The van der Waals surface area contributed by atoms with Crippen molar-refractivity contribution >= 4 is 5.82 Å². The zero-order chi connectivity index (χ0) is 18.7. The normalized spacial score (nSPS) is 10.4. The van der Waals surface area contributed by atoms with Gasteiger partial charge in [-0.2, -0.15) is 5.26 Å². The van der Waals surface area contributed by atoms with Crippen LogP contribution in [0.25, 0.3) is 22.6 Å². The summed E-state index contributed by atoms with van der Waals surface area (Å²) in [5, 5.41) is 18.6. The maximum Gasteiger partial charge on any atom is 0.161 e. The second-order valence-electron chi connectivity index (χ2n) is 5.42. The molecule has 3 rings (SSSR count). The lowest BCUT2D eigenvalue weighted by molar-refractivity contribution is 0.248. The first-order valence-electron chi connectivity index (χ1n) is 7.74. The fourth-order valence-electron chi connectivity index (χ4n) is 2.63. The zero-order valence-electron chi connectivity index (χ0n) is 14.3. The van der Waals surface area contributed by atoms with E-state index in [0.29, 0.717) is 34.3 Å². The highest BCUT2D eigenvalue weighted by atomic mass is 16.5. The van der Waals surface area contributed by atoms with E-state index in [-0.39, 0.29) is 18.0 Å². The summed E-state index contributed by atoms with van der Waals surface area (Å²) < 4.78 is 16.1. The van der Waals surface area contributed by atoms with Crippen molar-refractivity contribution in [3.05, 3.63) is 47.7 Å². The van der Waals surface area contributed by atoms with E-state index in [1.54, 1.807) is 44.6 Å². The predicted molar refractivity (Wildman–Crippen MR) is 95.5 cm³/mol. The van der Waals surface area contributed by atoms with Crippen LogP contribution in [0.2, 0.25) is 0 Å². The SMILES string of the molecule is COc1ccc(-c2cc(-c3ccc(CO)o3)c(C#N)c(N)n2)cc1OC. The Morgan fingerprint density at radius 3 is 2.54 bits per heavy atom. The number of hydrogen-bond acceptors (Lipinski definition) is 7. The molecule has 0 bridgehead atoms. The Bertz CT molecular complexity index is 989. The van der Waals surface area contributed by atoms with E-state index in [9.17, 15) is 10.4 Å². The summed E-state index contributed by atoms with van der Waals surface area (Å²) in [4.78, 5) is 4.33. The van der Waals surface area contributed by atoms with E-state index in [1.807, 2.05) is 6.07 Å². The number of furan rings is 1. The summed E-state index contributed by atoms with van der Waals surface area (Å²) in [6.45, 7) is -0.231. The fourth-order valence-corrected chi connectivity index (χ4v) is 2.63. The number of anilines is 1. The van der Waals surface area contributed by atoms with Crippen LogP contribution in [0.5, 0.6) is 11.5 Å². The van der Waals surface area contributed by atoms with E-state index in [2.05, 4.69) is 11.1 Å². The standard InChI is InChI=1S/C19H17N3O4/c1-24-17-5-3-11(7-18(17)25-2)15-8-13(14(9-20)19(21)22-15)16-6-4-12(10-23)26-16/h3-8,23H,10H2,1-2H3,(H2,21,22). The molecule has 1 aromatic carbocycles. The molecule has 0 amide bonds. The minimum Gasteiger partial charge on any atom is -0.493 e. The third kappa shape index (κ3) is 3.06. The summed E-state index contributed by atoms with van der Waals surface area (Å²) >= 11 is 0. The van der Waals surface area contributed by atoms with Crippen LogP contribution in [0.3, 0.4) is 0 Å². The average Bonchev–Trinajstić information content (AvgIpc) is 3.15. The number of nitrogen functional groups attached to an aromatic ring is 1. The lowest BCUT2D eigenvalue weighted by Crippen LogP contribution is -2.00. The minimum atomic E-state index is -0.231. The summed E-state index contributed by atoms with van der Waals surface area (Å²) in [5.74, 6) is 2.07. The number of aromatic nitrogens is 1. The Labute approximate surface area is 150 Å². The quantitative estimate of drug-likeness (QED) is 0.726. The van der Waals surface area contributed by atoms with Gasteiger partial charge in [0, 0.05) is 11.1 Å². The van der Waals surface area contributed by atoms with E-state index in [4.69, 9.17) is 19.6 Å². The molecule has 2 heterocycles. The van der Waals surface area contributed by atoms with E-state index in [1.165, 1.54) is 0 Å². The summed E-state index contributed by atoms with van der Waals surface area (Å²) in [6.07, 6.45) is 0. The van der Waals surface area contributed by atoms with Crippen LogP contribution in [-0.4, -0.2) is 24.3 Å². The molecule has 0 saturated carbocycles. The van der Waals surface area contributed by atoms with Crippen molar-refractivity contribution < 1.29 is 19.0 Å². The van der Waals surface area contributed by atoms with Gasteiger partial charge in [-0.05, 0) is 36.4 Å². The third-order valence-electron chi connectivity index (χ3n) is 3.92. The number of nitriles is 1. The van der Waals surface area contributed by atoms with Gasteiger partial charge in [-0.25, -0.2) is 4.98 Å². The highest BCUT2D eigenvalue weighted by Crippen LogP contribution is 2.35. The van der Waals surface area contributed by atoms with E-state index < -0.39 is 0 Å². The topological polar surface area (TPSA) is 115 Å². The van der Waals surface area contributed by atoms with Crippen LogP contribution in [-0.2, 0) is 6.61 Å².